The molecule has 9 nitrogen and oxygen atoms in total. The van der Waals surface area contributed by atoms with Crippen molar-refractivity contribution in [3.63, 3.8) is 0 Å². The normalized spacial score (nSPS) is 10.7. The summed E-state index contributed by atoms with van der Waals surface area (Å²) in [6.45, 7) is 2.24. The highest BCUT2D eigenvalue weighted by molar-refractivity contribution is 6.01. The number of hydrogen-bond donors (Lipinski definition) is 1. The number of furan rings is 1. The highest BCUT2D eigenvalue weighted by atomic mass is 16.6. The first kappa shape index (κ1) is 24.9. The number of methoxy groups -OCH3 is 2. The molecule has 1 aromatic heterocycles. The molecule has 1 N–H and O–H groups in total. The van der Waals surface area contributed by atoms with E-state index in [9.17, 15) is 14.9 Å². The zero-order valence-electron chi connectivity index (χ0n) is 19.5. The van der Waals surface area contributed by atoms with Gasteiger partial charge in [0.2, 0.25) is 0 Å². The van der Waals surface area contributed by atoms with E-state index in [2.05, 4.69) is 5.32 Å². The summed E-state index contributed by atoms with van der Waals surface area (Å²) in [5, 5.41) is 12.1. The molecular weight excluding hydrogens is 452 g/mol. The Kier molecular flexibility index (Phi) is 8.51. The molecule has 1 amide bonds. The van der Waals surface area contributed by atoms with Gasteiger partial charge in [0.1, 0.15) is 17.4 Å². The Morgan fingerprint density at radius 3 is 2.46 bits per heavy atom. The van der Waals surface area contributed by atoms with E-state index in [-0.39, 0.29) is 29.2 Å². The number of amides is 1. The number of hydrogen-bond acceptors (Lipinski definition) is 8. The van der Waals surface area contributed by atoms with E-state index in [1.165, 1.54) is 38.7 Å². The monoisotopic (exact) mass is 476 g/mol. The van der Waals surface area contributed by atoms with Gasteiger partial charge in [-0.05, 0) is 61.0 Å². The molecule has 3 rings (SSSR count). The van der Waals surface area contributed by atoms with Crippen LogP contribution < -0.4 is 24.3 Å². The lowest BCUT2D eigenvalue weighted by molar-refractivity contribution is -0.117. The zero-order valence-corrected chi connectivity index (χ0v) is 19.5. The van der Waals surface area contributed by atoms with Crippen molar-refractivity contribution < 1.29 is 33.0 Å². The molecule has 1 heterocycles. The summed E-state index contributed by atoms with van der Waals surface area (Å²) in [6, 6.07) is 14.7. The number of nitriles is 1. The average molecular weight is 476 g/mol. The van der Waals surface area contributed by atoms with Crippen molar-refractivity contribution in [3.8, 4) is 29.1 Å². The van der Waals surface area contributed by atoms with Crippen LogP contribution >= 0.6 is 0 Å². The van der Waals surface area contributed by atoms with Crippen LogP contribution in [0.25, 0.3) is 6.08 Å². The first-order valence-electron chi connectivity index (χ1n) is 10.6. The maximum Gasteiger partial charge on any atom is 0.343 e. The summed E-state index contributed by atoms with van der Waals surface area (Å²) < 4.78 is 26.7. The van der Waals surface area contributed by atoms with E-state index in [0.29, 0.717) is 29.4 Å². The van der Waals surface area contributed by atoms with Gasteiger partial charge in [0.05, 0.1) is 39.2 Å². The van der Waals surface area contributed by atoms with Crippen LogP contribution in [0.4, 0.5) is 0 Å². The largest absolute Gasteiger partial charge is 0.493 e. The van der Waals surface area contributed by atoms with Gasteiger partial charge in [0, 0.05) is 0 Å². The smallest absolute Gasteiger partial charge is 0.343 e. The predicted octanol–water partition coefficient (Wildman–Crippen LogP) is 4.14. The van der Waals surface area contributed by atoms with Gasteiger partial charge in [-0.1, -0.05) is 6.07 Å². The lowest BCUT2D eigenvalue weighted by Gasteiger charge is -2.13. The second kappa shape index (κ2) is 12.0. The number of esters is 1. The predicted molar refractivity (Wildman–Crippen MR) is 126 cm³/mol. The van der Waals surface area contributed by atoms with Crippen LogP contribution in [0.15, 0.2) is 64.8 Å². The van der Waals surface area contributed by atoms with Gasteiger partial charge in [-0.2, -0.15) is 5.26 Å². The molecule has 0 fully saturated rings. The van der Waals surface area contributed by atoms with Gasteiger partial charge in [0.15, 0.2) is 23.0 Å². The Morgan fingerprint density at radius 2 is 1.80 bits per heavy atom. The van der Waals surface area contributed by atoms with Crippen LogP contribution in [0.2, 0.25) is 0 Å². The number of ether oxygens (including phenoxy) is 4. The number of nitrogens with zero attached hydrogens (tertiary/aromatic N) is 1. The van der Waals surface area contributed by atoms with Crippen molar-refractivity contribution in [2.45, 2.75) is 13.5 Å². The van der Waals surface area contributed by atoms with Gasteiger partial charge < -0.3 is 28.7 Å². The van der Waals surface area contributed by atoms with Crippen LogP contribution in [0.1, 0.15) is 28.6 Å². The van der Waals surface area contributed by atoms with Gasteiger partial charge >= 0.3 is 5.97 Å². The Balaban J connectivity index is 1.79. The molecule has 35 heavy (non-hydrogen) atoms. The number of benzene rings is 2. The van der Waals surface area contributed by atoms with Crippen LogP contribution in [0.5, 0.6) is 23.0 Å². The van der Waals surface area contributed by atoms with E-state index in [0.717, 1.165) is 0 Å². The third-order valence-electron chi connectivity index (χ3n) is 4.77. The molecule has 180 valence electrons. The van der Waals surface area contributed by atoms with E-state index in [1.807, 2.05) is 6.07 Å². The van der Waals surface area contributed by atoms with Crippen LogP contribution in [0.3, 0.4) is 0 Å². The third kappa shape index (κ3) is 6.42. The molecule has 0 saturated carbocycles. The fourth-order valence-corrected chi connectivity index (χ4v) is 3.08. The quantitative estimate of drug-likeness (QED) is 0.201. The zero-order chi connectivity index (χ0) is 25.2. The van der Waals surface area contributed by atoms with Crippen molar-refractivity contribution >= 4 is 18.0 Å². The second-order valence-electron chi connectivity index (χ2n) is 7.03. The maximum atomic E-state index is 12.7. The Labute approximate surface area is 202 Å². The molecule has 0 radical (unpaired) electrons. The van der Waals surface area contributed by atoms with Gasteiger partial charge in [-0.15, -0.1) is 0 Å². The van der Waals surface area contributed by atoms with Gasteiger partial charge in [-0.3, -0.25) is 4.79 Å². The third-order valence-corrected chi connectivity index (χ3v) is 4.77. The average Bonchev–Trinajstić information content (AvgIpc) is 3.40. The van der Waals surface area contributed by atoms with Crippen LogP contribution in [0, 0.1) is 11.3 Å². The first-order chi connectivity index (χ1) is 17.0. The van der Waals surface area contributed by atoms with Gasteiger partial charge in [0.25, 0.3) is 5.91 Å². The summed E-state index contributed by atoms with van der Waals surface area (Å²) in [7, 11) is 2.97. The SMILES string of the molecule is CCOc1cc(/C=C(\C#N)C(=O)NCc2ccco2)ccc1OC(=O)c1ccc(OC)c(OC)c1. The number of rotatable bonds is 10. The highest BCUT2D eigenvalue weighted by Gasteiger charge is 2.16. The Bertz CT molecular complexity index is 1260. The van der Waals surface area contributed by atoms with Crippen molar-refractivity contribution in [1.29, 1.82) is 5.26 Å². The molecule has 9 heteroatoms. The molecule has 0 atom stereocenters. The highest BCUT2D eigenvalue weighted by Crippen LogP contribution is 2.32. The molecule has 0 aliphatic heterocycles. The topological polar surface area (TPSA) is 120 Å². The van der Waals surface area contributed by atoms with Gasteiger partial charge in [-0.25, -0.2) is 4.79 Å². The molecule has 2 aromatic carbocycles. The fraction of sp³-hybridized carbons (Fsp3) is 0.192. The standard InChI is InChI=1S/C26H24N2O7/c1-4-33-24-13-17(12-19(15-27)25(29)28-16-20-6-5-11-34-20)7-9-22(24)35-26(30)18-8-10-21(31-2)23(14-18)32-3/h5-14H,4,16H2,1-3H3,(H,28,29)/b19-12+. The first-order valence-corrected chi connectivity index (χ1v) is 10.6. The van der Waals surface area contributed by atoms with Crippen LogP contribution in [-0.2, 0) is 11.3 Å². The Hall–Kier alpha value is -4.71. The molecule has 0 unspecified atom stereocenters. The van der Waals surface area contributed by atoms with Crippen molar-refractivity contribution in [2.24, 2.45) is 0 Å². The fourth-order valence-electron chi connectivity index (χ4n) is 3.08. The van der Waals surface area contributed by atoms with E-state index in [1.54, 1.807) is 43.3 Å². The molecule has 3 aromatic rings. The van der Waals surface area contributed by atoms with Crippen molar-refractivity contribution in [1.82, 2.24) is 5.32 Å². The molecule has 0 aliphatic carbocycles. The van der Waals surface area contributed by atoms with E-state index >= 15 is 0 Å². The molecule has 0 saturated heterocycles. The minimum absolute atomic E-state index is 0.103. The Morgan fingerprint density at radius 1 is 1.03 bits per heavy atom. The number of nitrogens with one attached hydrogen (secondary N) is 1. The van der Waals surface area contributed by atoms with Crippen LogP contribution in [-0.4, -0.2) is 32.7 Å². The summed E-state index contributed by atoms with van der Waals surface area (Å²) in [5.41, 5.74) is 0.673. The maximum absolute atomic E-state index is 12.7. The second-order valence-corrected chi connectivity index (χ2v) is 7.03. The number of carbonyl (C=O) groups excluding carboxylic acids is 2. The lowest BCUT2D eigenvalue weighted by atomic mass is 10.1. The van der Waals surface area contributed by atoms with Crippen molar-refractivity contribution in [2.75, 3.05) is 20.8 Å². The summed E-state index contributed by atoms with van der Waals surface area (Å²) >= 11 is 0. The minimum atomic E-state index is -0.620. The minimum Gasteiger partial charge on any atom is -0.493 e. The molecule has 0 spiro atoms. The van der Waals surface area contributed by atoms with E-state index in [4.69, 9.17) is 23.4 Å². The summed E-state index contributed by atoms with van der Waals surface area (Å²) in [4.78, 5) is 25.1. The summed E-state index contributed by atoms with van der Waals surface area (Å²) in [5.74, 6) is 0.734. The molecule has 0 aliphatic rings. The molecular formula is C26H24N2O7. The summed E-state index contributed by atoms with van der Waals surface area (Å²) in [6.07, 6.45) is 2.91. The lowest BCUT2D eigenvalue weighted by Crippen LogP contribution is -2.23. The molecule has 0 bridgehead atoms. The number of carbonyl (C=O) groups is 2. The van der Waals surface area contributed by atoms with Crippen molar-refractivity contribution in [3.05, 3.63) is 77.3 Å². The van der Waals surface area contributed by atoms with E-state index < -0.39 is 11.9 Å².